The van der Waals surface area contributed by atoms with Gasteiger partial charge in [0.05, 0.1) is 13.2 Å². The molecule has 1 N–H and O–H groups in total. The minimum atomic E-state index is 0.226. The fraction of sp³-hybridized carbons (Fsp3) is 0.417. The molecule has 3 aromatic rings. The summed E-state index contributed by atoms with van der Waals surface area (Å²) in [5.41, 5.74) is 7.01. The van der Waals surface area contributed by atoms with Gasteiger partial charge in [0.1, 0.15) is 0 Å². The number of nitrogens with zero attached hydrogens (tertiary/aromatic N) is 2. The number of hydrogen-bond acceptors (Lipinski definition) is 3. The molecule has 4 heteroatoms. The zero-order valence-electron chi connectivity index (χ0n) is 16.7. The van der Waals surface area contributed by atoms with Crippen molar-refractivity contribution in [2.24, 2.45) is 0 Å². The van der Waals surface area contributed by atoms with Crippen LogP contribution in [0.3, 0.4) is 0 Å². The van der Waals surface area contributed by atoms with Gasteiger partial charge in [-0.25, -0.2) is 0 Å². The van der Waals surface area contributed by atoms with Gasteiger partial charge in [-0.05, 0) is 68.0 Å². The highest BCUT2D eigenvalue weighted by Crippen LogP contribution is 2.43. The van der Waals surface area contributed by atoms with Gasteiger partial charge in [0.15, 0.2) is 11.5 Å². The Morgan fingerprint density at radius 1 is 1.11 bits per heavy atom. The monoisotopic (exact) mass is 376 g/mol. The largest absolute Gasteiger partial charge is 0.504 e. The van der Waals surface area contributed by atoms with Gasteiger partial charge in [0, 0.05) is 36.2 Å². The molecule has 0 saturated heterocycles. The molecule has 1 aliphatic carbocycles. The summed E-state index contributed by atoms with van der Waals surface area (Å²) in [5, 5.41) is 11.6. The van der Waals surface area contributed by atoms with Crippen molar-refractivity contribution < 1.29 is 9.84 Å². The molecule has 0 radical (unpaired) electrons. The minimum Gasteiger partial charge on any atom is -0.504 e. The number of rotatable bonds is 3. The lowest BCUT2D eigenvalue weighted by Gasteiger charge is -2.33. The normalized spacial score (nSPS) is 19.4. The average Bonchev–Trinajstić information content (AvgIpc) is 2.88. The number of aromatic nitrogens is 1. The number of phenols is 1. The zero-order chi connectivity index (χ0) is 19.3. The molecule has 5 rings (SSSR count). The van der Waals surface area contributed by atoms with E-state index < -0.39 is 0 Å². The van der Waals surface area contributed by atoms with Crippen LogP contribution in [0, 0.1) is 6.92 Å². The Bertz CT molecular complexity index is 1030. The number of aromatic hydroxyl groups is 1. The first-order valence-electron chi connectivity index (χ1n) is 10.4. The lowest BCUT2D eigenvalue weighted by Crippen LogP contribution is -2.31. The third-order valence-electron chi connectivity index (χ3n) is 6.48. The molecule has 0 fully saturated rings. The van der Waals surface area contributed by atoms with E-state index >= 15 is 0 Å². The van der Waals surface area contributed by atoms with E-state index in [9.17, 15) is 5.11 Å². The van der Waals surface area contributed by atoms with Crippen LogP contribution in [0.4, 0.5) is 0 Å². The Labute approximate surface area is 166 Å². The summed E-state index contributed by atoms with van der Waals surface area (Å²) in [4.78, 5) is 2.62. The molecule has 0 bridgehead atoms. The Balaban J connectivity index is 1.55. The highest BCUT2D eigenvalue weighted by molar-refractivity contribution is 5.86. The maximum absolute atomic E-state index is 10.2. The highest BCUT2D eigenvalue weighted by atomic mass is 16.5. The van der Waals surface area contributed by atoms with Crippen LogP contribution in [0.25, 0.3) is 10.9 Å². The van der Waals surface area contributed by atoms with Gasteiger partial charge >= 0.3 is 0 Å². The summed E-state index contributed by atoms with van der Waals surface area (Å²) in [5.74, 6) is 0.763. The first-order valence-corrected chi connectivity index (χ1v) is 10.4. The molecule has 0 saturated carbocycles. The van der Waals surface area contributed by atoms with Gasteiger partial charge in [0.2, 0.25) is 0 Å². The number of hydrogen-bond donors (Lipinski definition) is 1. The molecule has 1 aromatic heterocycles. The number of phenolic OH excluding ortho intramolecular Hbond substituents is 1. The second-order valence-electron chi connectivity index (χ2n) is 8.27. The van der Waals surface area contributed by atoms with Crippen molar-refractivity contribution in [1.29, 1.82) is 0 Å². The molecule has 0 spiro atoms. The van der Waals surface area contributed by atoms with Crippen LogP contribution in [0.5, 0.6) is 11.5 Å². The molecular formula is C24H28N2O2. The topological polar surface area (TPSA) is 37.6 Å². The van der Waals surface area contributed by atoms with Crippen molar-refractivity contribution in [1.82, 2.24) is 9.47 Å². The highest BCUT2D eigenvalue weighted by Gasteiger charge is 2.33. The second kappa shape index (κ2) is 6.85. The first kappa shape index (κ1) is 17.6. The van der Waals surface area contributed by atoms with Gasteiger partial charge in [-0.15, -0.1) is 0 Å². The lowest BCUT2D eigenvalue weighted by atomic mass is 9.90. The molecule has 2 aromatic carbocycles. The molecular weight excluding hydrogens is 348 g/mol. The summed E-state index contributed by atoms with van der Waals surface area (Å²) in [6.45, 7) is 5.24. The molecule has 2 aliphatic rings. The van der Waals surface area contributed by atoms with Gasteiger partial charge in [-0.2, -0.15) is 0 Å². The third-order valence-corrected chi connectivity index (χ3v) is 6.48. The van der Waals surface area contributed by atoms with Gasteiger partial charge in [0.25, 0.3) is 0 Å². The molecule has 146 valence electrons. The predicted octanol–water partition coefficient (Wildman–Crippen LogP) is 4.95. The molecule has 1 atom stereocenters. The van der Waals surface area contributed by atoms with Crippen molar-refractivity contribution >= 4 is 10.9 Å². The Kier molecular flexibility index (Phi) is 4.31. The van der Waals surface area contributed by atoms with Crippen LogP contribution in [0.15, 0.2) is 36.4 Å². The zero-order valence-corrected chi connectivity index (χ0v) is 16.7. The summed E-state index contributed by atoms with van der Waals surface area (Å²) in [6.07, 6.45) is 4.80. The molecule has 0 amide bonds. The summed E-state index contributed by atoms with van der Waals surface area (Å²) in [7, 11) is 1.59. The van der Waals surface area contributed by atoms with Gasteiger partial charge < -0.3 is 14.4 Å². The minimum absolute atomic E-state index is 0.226. The predicted molar refractivity (Wildman–Crippen MR) is 112 cm³/mol. The van der Waals surface area contributed by atoms with Crippen molar-refractivity contribution in [3.63, 3.8) is 0 Å². The van der Waals surface area contributed by atoms with Gasteiger partial charge in [-0.3, -0.25) is 4.90 Å². The molecule has 28 heavy (non-hydrogen) atoms. The smallest absolute Gasteiger partial charge is 0.160 e. The van der Waals surface area contributed by atoms with Gasteiger partial charge in [-0.1, -0.05) is 17.7 Å². The summed E-state index contributed by atoms with van der Waals surface area (Å²) < 4.78 is 7.80. The molecule has 1 unspecified atom stereocenters. The van der Waals surface area contributed by atoms with E-state index in [1.165, 1.54) is 35.7 Å². The van der Waals surface area contributed by atoms with Crippen molar-refractivity contribution in [2.75, 3.05) is 13.7 Å². The maximum Gasteiger partial charge on any atom is 0.160 e. The quantitative estimate of drug-likeness (QED) is 0.703. The number of aryl methyl sites for hydroxylation is 3. The van der Waals surface area contributed by atoms with E-state index in [2.05, 4.69) is 40.7 Å². The fourth-order valence-corrected chi connectivity index (χ4v) is 5.25. The van der Waals surface area contributed by atoms with Crippen LogP contribution in [0.1, 0.15) is 47.7 Å². The number of fused-ring (bicyclic) bond motifs is 3. The lowest BCUT2D eigenvalue weighted by molar-refractivity contribution is 0.173. The Morgan fingerprint density at radius 2 is 2.00 bits per heavy atom. The van der Waals surface area contributed by atoms with Crippen molar-refractivity contribution in [3.05, 3.63) is 58.8 Å². The van der Waals surface area contributed by atoms with E-state index in [0.717, 1.165) is 31.6 Å². The maximum atomic E-state index is 10.2. The molecule has 2 heterocycles. The van der Waals surface area contributed by atoms with E-state index in [-0.39, 0.29) is 5.75 Å². The van der Waals surface area contributed by atoms with E-state index in [4.69, 9.17) is 4.74 Å². The van der Waals surface area contributed by atoms with Crippen LogP contribution in [-0.4, -0.2) is 28.2 Å². The third kappa shape index (κ3) is 2.78. The first-order chi connectivity index (χ1) is 13.7. The van der Waals surface area contributed by atoms with Crippen molar-refractivity contribution in [3.8, 4) is 11.5 Å². The van der Waals surface area contributed by atoms with Crippen LogP contribution < -0.4 is 4.74 Å². The van der Waals surface area contributed by atoms with Crippen LogP contribution in [0.2, 0.25) is 0 Å². The number of benzene rings is 2. The van der Waals surface area contributed by atoms with Crippen molar-refractivity contribution in [2.45, 2.75) is 51.7 Å². The van der Waals surface area contributed by atoms with E-state index in [1.807, 2.05) is 12.1 Å². The molecule has 1 aliphatic heterocycles. The van der Waals surface area contributed by atoms with Crippen LogP contribution in [-0.2, 0) is 19.5 Å². The Morgan fingerprint density at radius 3 is 2.82 bits per heavy atom. The van der Waals surface area contributed by atoms with E-state index in [1.54, 1.807) is 18.4 Å². The second-order valence-corrected chi connectivity index (χ2v) is 8.27. The number of ether oxygens (including phenoxy) is 1. The summed E-state index contributed by atoms with van der Waals surface area (Å²) in [6, 6.07) is 13.2. The molecule has 4 nitrogen and oxygen atoms in total. The fourth-order valence-electron chi connectivity index (χ4n) is 5.25. The van der Waals surface area contributed by atoms with Crippen LogP contribution >= 0.6 is 0 Å². The standard InChI is InChI=1S/C24H28N2O2/c1-16-7-9-20-19(13-16)18-5-3-6-21-24(18)26(20)12-4-11-25(21)15-17-8-10-23(28-2)22(27)14-17/h7-10,13-14,21,27H,3-6,11-12,15H2,1-2H3. The Hall–Kier alpha value is -2.46. The van der Waals surface area contributed by atoms with E-state index in [0.29, 0.717) is 11.8 Å². The SMILES string of the molecule is COc1ccc(CN2CCCn3c4c(c5cc(C)ccc53)CCCC42)cc1O. The summed E-state index contributed by atoms with van der Waals surface area (Å²) >= 11 is 0. The average molecular weight is 377 g/mol. The number of methoxy groups -OCH3 is 1.